The fourth-order valence-corrected chi connectivity index (χ4v) is 3.11. The van der Waals surface area contributed by atoms with Gasteiger partial charge in [0.05, 0.1) is 22.7 Å². The number of carbonyl (C=O) groups is 1. The van der Waals surface area contributed by atoms with Crippen molar-refractivity contribution in [1.29, 1.82) is 0 Å². The average molecular weight is 329 g/mol. The molecule has 2 aromatic rings. The minimum Gasteiger partial charge on any atom is -0.344 e. The Morgan fingerprint density at radius 2 is 2.22 bits per heavy atom. The molecule has 1 atom stereocenters. The Hall–Kier alpha value is -2.26. The summed E-state index contributed by atoms with van der Waals surface area (Å²) in [5.41, 5.74) is 0.569. The van der Waals surface area contributed by atoms with Crippen LogP contribution in [0.25, 0.3) is 10.9 Å². The molecule has 0 saturated carbocycles. The zero-order valence-electron chi connectivity index (χ0n) is 13.2. The fourth-order valence-electron chi connectivity index (χ4n) is 2.15. The van der Waals surface area contributed by atoms with Crippen LogP contribution in [0.1, 0.15) is 20.3 Å². The van der Waals surface area contributed by atoms with E-state index >= 15 is 0 Å². The quantitative estimate of drug-likeness (QED) is 0.500. The van der Waals surface area contributed by atoms with E-state index in [9.17, 15) is 9.59 Å². The molecule has 1 N–H and O–H groups in total. The highest BCUT2D eigenvalue weighted by molar-refractivity contribution is 8.00. The summed E-state index contributed by atoms with van der Waals surface area (Å²) in [6.07, 6.45) is 5.96. The molecule has 0 aliphatic carbocycles. The number of fused-ring (bicyclic) bond motifs is 1. The fraction of sp³-hybridized carbons (Fsp3) is 0.353. The molecule has 0 aliphatic rings. The number of amides is 1. The molecule has 0 spiro atoms. The predicted octanol–water partition coefficient (Wildman–Crippen LogP) is 2.04. The van der Waals surface area contributed by atoms with E-state index in [-0.39, 0.29) is 23.3 Å². The van der Waals surface area contributed by atoms with Crippen LogP contribution in [-0.4, -0.2) is 27.3 Å². The van der Waals surface area contributed by atoms with Crippen LogP contribution in [0.15, 0.2) is 34.2 Å². The average Bonchev–Trinajstić information content (AvgIpc) is 2.56. The third-order valence-electron chi connectivity index (χ3n) is 3.29. The van der Waals surface area contributed by atoms with Crippen LogP contribution in [-0.2, 0) is 11.3 Å². The predicted molar refractivity (Wildman–Crippen MR) is 93.5 cm³/mol. The largest absolute Gasteiger partial charge is 0.344 e. The number of thioether (sulfide) groups is 1. The van der Waals surface area contributed by atoms with Crippen molar-refractivity contribution < 1.29 is 4.79 Å². The highest BCUT2D eigenvalue weighted by Crippen LogP contribution is 2.22. The summed E-state index contributed by atoms with van der Waals surface area (Å²) >= 11 is 1.27. The van der Waals surface area contributed by atoms with Gasteiger partial charge < -0.3 is 5.32 Å². The van der Waals surface area contributed by atoms with Crippen LogP contribution < -0.4 is 10.9 Å². The van der Waals surface area contributed by atoms with E-state index in [1.807, 2.05) is 19.1 Å². The molecule has 0 fully saturated rings. The number of para-hydroxylation sites is 1. The lowest BCUT2D eigenvalue weighted by molar-refractivity contribution is -0.120. The molecular weight excluding hydrogens is 310 g/mol. The van der Waals surface area contributed by atoms with Crippen molar-refractivity contribution in [1.82, 2.24) is 14.9 Å². The molecule has 6 heteroatoms. The second kappa shape index (κ2) is 7.84. The molecule has 0 aliphatic heterocycles. The number of aromatic nitrogens is 2. The van der Waals surface area contributed by atoms with Gasteiger partial charge in [0, 0.05) is 6.54 Å². The maximum Gasteiger partial charge on any atom is 0.262 e. The van der Waals surface area contributed by atoms with Gasteiger partial charge in [-0.1, -0.05) is 36.7 Å². The van der Waals surface area contributed by atoms with Gasteiger partial charge in [-0.3, -0.25) is 14.2 Å². The number of rotatable bonds is 6. The van der Waals surface area contributed by atoms with Crippen molar-refractivity contribution in [3.05, 3.63) is 34.6 Å². The first kappa shape index (κ1) is 17.1. The van der Waals surface area contributed by atoms with Crippen molar-refractivity contribution in [2.45, 2.75) is 37.2 Å². The molecule has 23 heavy (non-hydrogen) atoms. The van der Waals surface area contributed by atoms with Crippen molar-refractivity contribution >= 4 is 28.6 Å². The molecule has 1 aromatic carbocycles. The summed E-state index contributed by atoms with van der Waals surface area (Å²) in [6.45, 7) is 4.53. The molecule has 0 bridgehead atoms. The zero-order valence-corrected chi connectivity index (χ0v) is 14.0. The van der Waals surface area contributed by atoms with Crippen LogP contribution in [0, 0.1) is 12.3 Å². The molecule has 5 nitrogen and oxygen atoms in total. The Morgan fingerprint density at radius 1 is 1.48 bits per heavy atom. The Bertz CT molecular complexity index is 808. The monoisotopic (exact) mass is 329 g/mol. The molecule has 120 valence electrons. The van der Waals surface area contributed by atoms with Gasteiger partial charge in [-0.25, -0.2) is 4.98 Å². The van der Waals surface area contributed by atoms with Gasteiger partial charge in [0.1, 0.15) is 0 Å². The SMILES string of the molecule is C#CCNC(=O)C(C)Sc1nc2ccccc2c(=O)n1CCC. The van der Waals surface area contributed by atoms with E-state index in [1.54, 1.807) is 23.6 Å². The van der Waals surface area contributed by atoms with E-state index in [0.717, 1.165) is 6.42 Å². The molecule has 1 aromatic heterocycles. The van der Waals surface area contributed by atoms with Gasteiger partial charge in [-0.05, 0) is 25.5 Å². The summed E-state index contributed by atoms with van der Waals surface area (Å²) in [7, 11) is 0. The number of hydrogen-bond donors (Lipinski definition) is 1. The number of nitrogens with zero attached hydrogens (tertiary/aromatic N) is 2. The van der Waals surface area contributed by atoms with Crippen molar-refractivity contribution in [3.8, 4) is 12.3 Å². The van der Waals surface area contributed by atoms with Crippen LogP contribution in [0.2, 0.25) is 0 Å². The first-order valence-corrected chi connectivity index (χ1v) is 8.33. The van der Waals surface area contributed by atoms with E-state index in [2.05, 4.69) is 16.2 Å². The Balaban J connectivity index is 2.39. The Kier molecular flexibility index (Phi) is 5.83. The molecule has 0 saturated heterocycles. The second-order valence-electron chi connectivity index (χ2n) is 5.05. The van der Waals surface area contributed by atoms with Crippen molar-refractivity contribution in [2.24, 2.45) is 0 Å². The summed E-state index contributed by atoms with van der Waals surface area (Å²) in [6, 6.07) is 7.25. The number of carbonyl (C=O) groups excluding carboxylic acids is 1. The number of benzene rings is 1. The minimum absolute atomic E-state index is 0.0730. The van der Waals surface area contributed by atoms with Gasteiger partial charge in [-0.2, -0.15) is 0 Å². The normalized spacial score (nSPS) is 11.9. The van der Waals surface area contributed by atoms with Gasteiger partial charge >= 0.3 is 0 Å². The lowest BCUT2D eigenvalue weighted by atomic mass is 10.2. The van der Waals surface area contributed by atoms with E-state index in [0.29, 0.717) is 22.6 Å². The first-order chi connectivity index (χ1) is 11.1. The van der Waals surface area contributed by atoms with E-state index in [4.69, 9.17) is 6.42 Å². The molecule has 2 rings (SSSR count). The topological polar surface area (TPSA) is 64.0 Å². The third-order valence-corrected chi connectivity index (χ3v) is 4.38. The van der Waals surface area contributed by atoms with Gasteiger partial charge in [-0.15, -0.1) is 6.42 Å². The van der Waals surface area contributed by atoms with Crippen LogP contribution in [0.4, 0.5) is 0 Å². The molecule has 0 radical (unpaired) electrons. The highest BCUT2D eigenvalue weighted by Gasteiger charge is 2.18. The van der Waals surface area contributed by atoms with Gasteiger partial charge in [0.25, 0.3) is 5.56 Å². The summed E-state index contributed by atoms with van der Waals surface area (Å²) in [4.78, 5) is 29.2. The van der Waals surface area contributed by atoms with Crippen molar-refractivity contribution in [3.63, 3.8) is 0 Å². The standard InChI is InChI=1S/C17H19N3O2S/c1-4-10-18-15(21)12(3)23-17-19-14-9-7-6-8-13(14)16(22)20(17)11-5-2/h1,6-9,12H,5,10-11H2,2-3H3,(H,18,21). The van der Waals surface area contributed by atoms with Gasteiger partial charge in [0.15, 0.2) is 5.16 Å². The highest BCUT2D eigenvalue weighted by atomic mass is 32.2. The molecule has 1 unspecified atom stereocenters. The molecule has 1 heterocycles. The lowest BCUT2D eigenvalue weighted by Gasteiger charge is -2.15. The molecule has 1 amide bonds. The van der Waals surface area contributed by atoms with Crippen LogP contribution >= 0.6 is 11.8 Å². The zero-order chi connectivity index (χ0) is 16.8. The minimum atomic E-state index is -0.389. The van der Waals surface area contributed by atoms with E-state index in [1.165, 1.54) is 11.8 Å². The Morgan fingerprint density at radius 3 is 2.91 bits per heavy atom. The summed E-state index contributed by atoms with van der Waals surface area (Å²) in [5.74, 6) is 2.20. The second-order valence-corrected chi connectivity index (χ2v) is 6.36. The van der Waals surface area contributed by atoms with Crippen LogP contribution in [0.5, 0.6) is 0 Å². The maximum absolute atomic E-state index is 12.6. The summed E-state index contributed by atoms with van der Waals surface area (Å²) in [5, 5.41) is 3.40. The lowest BCUT2D eigenvalue weighted by Crippen LogP contribution is -2.32. The van der Waals surface area contributed by atoms with Gasteiger partial charge in [0.2, 0.25) is 5.91 Å². The maximum atomic E-state index is 12.6. The first-order valence-electron chi connectivity index (χ1n) is 7.45. The Labute approximate surface area is 139 Å². The number of hydrogen-bond acceptors (Lipinski definition) is 4. The van der Waals surface area contributed by atoms with Crippen LogP contribution in [0.3, 0.4) is 0 Å². The number of terminal acetylenes is 1. The third kappa shape index (κ3) is 3.93. The van der Waals surface area contributed by atoms with E-state index < -0.39 is 0 Å². The number of nitrogens with one attached hydrogen (secondary N) is 1. The summed E-state index contributed by atoms with van der Waals surface area (Å²) < 4.78 is 1.64. The molecular formula is C17H19N3O2S. The van der Waals surface area contributed by atoms with Crippen molar-refractivity contribution in [2.75, 3.05) is 6.54 Å². The smallest absolute Gasteiger partial charge is 0.262 e.